The van der Waals surface area contributed by atoms with Gasteiger partial charge in [-0.05, 0) is 53.9 Å². The number of anilines is 2. The van der Waals surface area contributed by atoms with E-state index in [0.717, 1.165) is 16.6 Å². The fraction of sp³-hybridized carbons (Fsp3) is 0.0455. The molecule has 31 heavy (non-hydrogen) atoms. The molecule has 9 heteroatoms. The zero-order valence-corrected chi connectivity index (χ0v) is 17.1. The monoisotopic (exact) mass is 436 g/mol. The Morgan fingerprint density at radius 1 is 1.03 bits per heavy atom. The summed E-state index contributed by atoms with van der Waals surface area (Å²) in [5.41, 5.74) is 1.90. The number of nitrogens with one attached hydrogen (secondary N) is 3. The fourth-order valence-electron chi connectivity index (χ4n) is 2.90. The summed E-state index contributed by atoms with van der Waals surface area (Å²) in [5.74, 6) is -1.04. The summed E-state index contributed by atoms with van der Waals surface area (Å²) in [6.07, 6.45) is 0. The van der Waals surface area contributed by atoms with Crippen LogP contribution in [0.1, 0.15) is 20.8 Å². The lowest BCUT2D eigenvalue weighted by molar-refractivity contribution is 0.101. The van der Waals surface area contributed by atoms with E-state index in [1.54, 1.807) is 24.3 Å². The molecule has 0 aliphatic carbocycles. The third-order valence-corrected chi connectivity index (χ3v) is 5.29. The molecule has 0 aliphatic heterocycles. The van der Waals surface area contributed by atoms with Gasteiger partial charge in [0.2, 0.25) is 0 Å². The van der Waals surface area contributed by atoms with Gasteiger partial charge in [0.1, 0.15) is 11.6 Å². The molecule has 0 unspecified atom stereocenters. The largest absolute Gasteiger partial charge is 0.495 e. The lowest BCUT2D eigenvalue weighted by atomic mass is 10.2. The van der Waals surface area contributed by atoms with Crippen molar-refractivity contribution in [3.05, 3.63) is 83.1 Å². The van der Waals surface area contributed by atoms with Gasteiger partial charge in [-0.3, -0.25) is 14.7 Å². The molecule has 2 aromatic heterocycles. The maximum absolute atomic E-state index is 13.4. The van der Waals surface area contributed by atoms with Gasteiger partial charge in [-0.15, -0.1) is 11.3 Å². The normalized spacial score (nSPS) is 10.5. The summed E-state index contributed by atoms with van der Waals surface area (Å²) >= 11 is 1.54. The molecule has 4 rings (SSSR count). The number of benzene rings is 2. The van der Waals surface area contributed by atoms with E-state index in [-0.39, 0.29) is 11.3 Å². The molecule has 2 heterocycles. The highest BCUT2D eigenvalue weighted by molar-refractivity contribution is 7.13. The molecule has 2 amide bonds. The third-order valence-electron chi connectivity index (χ3n) is 4.39. The molecule has 0 atom stereocenters. The van der Waals surface area contributed by atoms with Crippen molar-refractivity contribution in [3.63, 3.8) is 0 Å². The number of aromatic amines is 1. The highest BCUT2D eigenvalue weighted by atomic mass is 32.1. The zero-order valence-electron chi connectivity index (χ0n) is 16.3. The molecule has 0 aliphatic rings. The quantitative estimate of drug-likeness (QED) is 0.405. The Labute approximate surface area is 180 Å². The number of H-pyrrole nitrogens is 1. The first-order valence-electron chi connectivity index (χ1n) is 9.19. The van der Waals surface area contributed by atoms with E-state index < -0.39 is 17.6 Å². The van der Waals surface area contributed by atoms with Crippen LogP contribution in [-0.2, 0) is 0 Å². The molecule has 156 valence electrons. The summed E-state index contributed by atoms with van der Waals surface area (Å²) in [7, 11) is 1.46. The molecule has 2 aromatic carbocycles. The van der Waals surface area contributed by atoms with Gasteiger partial charge in [-0.2, -0.15) is 5.10 Å². The average molecular weight is 436 g/mol. The molecule has 0 spiro atoms. The van der Waals surface area contributed by atoms with Gasteiger partial charge in [-0.25, -0.2) is 4.39 Å². The standard InChI is InChI=1S/C22H17FN4O3S/c1-30-19-8-7-15(11-16(19)25-21(28)13-4-2-5-14(23)10-13)24-22(29)18-12-17(26-27-18)20-6-3-9-31-20/h2-12H,1H3,(H,24,29)(H,25,28)(H,26,27). The number of methoxy groups -OCH3 is 1. The number of hydrogen-bond acceptors (Lipinski definition) is 5. The van der Waals surface area contributed by atoms with Gasteiger partial charge in [0.15, 0.2) is 5.69 Å². The highest BCUT2D eigenvalue weighted by Gasteiger charge is 2.15. The summed E-state index contributed by atoms with van der Waals surface area (Å²) in [4.78, 5) is 26.0. The first-order valence-corrected chi connectivity index (χ1v) is 10.1. The maximum Gasteiger partial charge on any atom is 0.276 e. The Balaban J connectivity index is 1.51. The number of thiophene rings is 1. The van der Waals surface area contributed by atoms with Crippen LogP contribution in [-0.4, -0.2) is 29.1 Å². The molecular formula is C22H17FN4O3S. The second-order valence-electron chi connectivity index (χ2n) is 6.48. The van der Waals surface area contributed by atoms with Crippen LogP contribution in [0.3, 0.4) is 0 Å². The lowest BCUT2D eigenvalue weighted by Crippen LogP contribution is -2.15. The van der Waals surface area contributed by atoms with E-state index in [4.69, 9.17) is 4.74 Å². The minimum atomic E-state index is -0.512. The van der Waals surface area contributed by atoms with Crippen LogP contribution in [0.25, 0.3) is 10.6 Å². The van der Waals surface area contributed by atoms with Crippen molar-refractivity contribution in [1.82, 2.24) is 10.2 Å². The van der Waals surface area contributed by atoms with Crippen molar-refractivity contribution in [3.8, 4) is 16.3 Å². The van der Waals surface area contributed by atoms with Crippen LogP contribution in [0.2, 0.25) is 0 Å². The number of carbonyl (C=O) groups is 2. The number of amides is 2. The van der Waals surface area contributed by atoms with Crippen molar-refractivity contribution in [2.45, 2.75) is 0 Å². The molecular weight excluding hydrogens is 419 g/mol. The van der Waals surface area contributed by atoms with E-state index in [9.17, 15) is 14.0 Å². The first-order chi connectivity index (χ1) is 15.0. The maximum atomic E-state index is 13.4. The minimum Gasteiger partial charge on any atom is -0.495 e. The number of carbonyl (C=O) groups excluding carboxylic acids is 2. The first kappa shape index (κ1) is 20.3. The van der Waals surface area contributed by atoms with Crippen molar-refractivity contribution in [2.24, 2.45) is 0 Å². The molecule has 7 nitrogen and oxygen atoms in total. The van der Waals surface area contributed by atoms with Crippen molar-refractivity contribution < 1.29 is 18.7 Å². The van der Waals surface area contributed by atoms with Gasteiger partial charge in [0, 0.05) is 11.3 Å². The van der Waals surface area contributed by atoms with Gasteiger partial charge in [0.05, 0.1) is 23.4 Å². The Kier molecular flexibility index (Phi) is 5.76. The summed E-state index contributed by atoms with van der Waals surface area (Å²) in [6.45, 7) is 0. The smallest absolute Gasteiger partial charge is 0.276 e. The molecule has 4 aromatic rings. The third kappa shape index (κ3) is 4.62. The molecule has 0 saturated carbocycles. The van der Waals surface area contributed by atoms with E-state index in [2.05, 4.69) is 20.8 Å². The van der Waals surface area contributed by atoms with Crippen LogP contribution in [0.5, 0.6) is 5.75 Å². The van der Waals surface area contributed by atoms with Crippen LogP contribution in [0.15, 0.2) is 66.0 Å². The number of nitrogens with zero attached hydrogens (tertiary/aromatic N) is 1. The lowest BCUT2D eigenvalue weighted by Gasteiger charge is -2.12. The van der Waals surface area contributed by atoms with E-state index in [1.165, 1.54) is 36.6 Å². The van der Waals surface area contributed by atoms with Crippen LogP contribution >= 0.6 is 11.3 Å². The summed E-state index contributed by atoms with van der Waals surface area (Å²) in [6, 6.07) is 15.7. The predicted molar refractivity (Wildman–Crippen MR) is 117 cm³/mol. The van der Waals surface area contributed by atoms with Crippen LogP contribution in [0.4, 0.5) is 15.8 Å². The van der Waals surface area contributed by atoms with Gasteiger partial charge in [-0.1, -0.05) is 12.1 Å². The highest BCUT2D eigenvalue weighted by Crippen LogP contribution is 2.29. The van der Waals surface area contributed by atoms with Crippen LogP contribution in [0, 0.1) is 5.82 Å². The average Bonchev–Trinajstić information content (AvgIpc) is 3.46. The molecule has 0 bridgehead atoms. The van der Waals surface area contributed by atoms with Gasteiger partial charge >= 0.3 is 0 Å². The second-order valence-corrected chi connectivity index (χ2v) is 7.43. The Bertz CT molecular complexity index is 1240. The topological polar surface area (TPSA) is 96.1 Å². The Morgan fingerprint density at radius 2 is 1.90 bits per heavy atom. The fourth-order valence-corrected chi connectivity index (χ4v) is 3.59. The summed E-state index contributed by atoms with van der Waals surface area (Å²) < 4.78 is 18.7. The van der Waals surface area contributed by atoms with Gasteiger partial charge < -0.3 is 15.4 Å². The van der Waals surface area contributed by atoms with Crippen molar-refractivity contribution >= 4 is 34.5 Å². The number of hydrogen-bond donors (Lipinski definition) is 3. The Morgan fingerprint density at radius 3 is 2.65 bits per heavy atom. The number of halogens is 1. The van der Waals surface area contributed by atoms with Crippen molar-refractivity contribution in [2.75, 3.05) is 17.7 Å². The molecule has 0 fully saturated rings. The van der Waals surface area contributed by atoms with E-state index in [1.807, 2.05) is 17.5 Å². The number of rotatable bonds is 6. The zero-order chi connectivity index (χ0) is 21.8. The van der Waals surface area contributed by atoms with E-state index >= 15 is 0 Å². The molecule has 0 saturated heterocycles. The number of ether oxygens (including phenoxy) is 1. The number of aromatic nitrogens is 2. The molecule has 0 radical (unpaired) electrons. The van der Waals surface area contributed by atoms with E-state index in [0.29, 0.717) is 17.1 Å². The minimum absolute atomic E-state index is 0.161. The SMILES string of the molecule is COc1ccc(NC(=O)c2cc(-c3cccs3)[nH]n2)cc1NC(=O)c1cccc(F)c1. The second kappa shape index (κ2) is 8.80. The van der Waals surface area contributed by atoms with Crippen molar-refractivity contribution in [1.29, 1.82) is 0 Å². The Hall–Kier alpha value is -3.98. The van der Waals surface area contributed by atoms with Gasteiger partial charge in [0.25, 0.3) is 11.8 Å². The molecule has 3 N–H and O–H groups in total. The van der Waals surface area contributed by atoms with Crippen LogP contribution < -0.4 is 15.4 Å². The predicted octanol–water partition coefficient (Wildman–Crippen LogP) is 4.79. The summed E-state index contributed by atoms with van der Waals surface area (Å²) in [5, 5.41) is 14.3.